The van der Waals surface area contributed by atoms with E-state index in [1.807, 2.05) is 41.2 Å². The minimum Gasteiger partial charge on any atom is -0.554 e. The molecule has 23 heavy (non-hydrogen) atoms. The third-order valence-corrected chi connectivity index (χ3v) is 3.42. The Bertz CT molecular complexity index is 805. The molecule has 0 bridgehead atoms. The number of hydrogen-bond acceptors (Lipinski definition) is 3. The SMILES string of the molecule is O=C[O-].Oc1ccc2cc[n+](CCc3ccccc3F)cc2c1. The third kappa shape index (κ3) is 4.51. The molecule has 0 spiro atoms. The highest BCUT2D eigenvalue weighted by atomic mass is 19.1. The molecule has 3 aromatic rings. The fourth-order valence-corrected chi connectivity index (χ4v) is 2.31. The van der Waals surface area contributed by atoms with Gasteiger partial charge in [0.1, 0.15) is 11.6 Å². The van der Waals surface area contributed by atoms with Crippen molar-refractivity contribution in [2.24, 2.45) is 0 Å². The highest BCUT2D eigenvalue weighted by Gasteiger charge is 2.07. The molecule has 4 nitrogen and oxygen atoms in total. The smallest absolute Gasteiger partial charge is 0.176 e. The molecule has 0 radical (unpaired) electrons. The van der Waals surface area contributed by atoms with Crippen molar-refractivity contribution in [3.05, 3.63) is 72.3 Å². The standard InChI is InChI=1S/C17H14FNO.CH2O2/c18-17-4-2-1-3-14(17)8-10-19-9-7-13-5-6-16(20)11-15(13)12-19;2-1-3/h1-7,9,11-12H,8,10H2;1H,(H,2,3). The predicted octanol–water partition coefficient (Wildman–Crippen LogP) is 1.58. The molecule has 3 rings (SSSR count). The van der Waals surface area contributed by atoms with E-state index in [1.165, 1.54) is 6.07 Å². The van der Waals surface area contributed by atoms with Gasteiger partial charge in [-0.05, 0) is 29.1 Å². The number of phenolic OH excluding ortho intramolecular Hbond substituents is 1. The minimum absolute atomic E-state index is 0.161. The fourth-order valence-electron chi connectivity index (χ4n) is 2.31. The van der Waals surface area contributed by atoms with Crippen LogP contribution < -0.4 is 9.67 Å². The number of carboxylic acid groups (broad SMARTS) is 1. The van der Waals surface area contributed by atoms with Crippen LogP contribution in [0.3, 0.4) is 0 Å². The van der Waals surface area contributed by atoms with Gasteiger partial charge in [0.2, 0.25) is 0 Å². The minimum atomic E-state index is -0.500. The van der Waals surface area contributed by atoms with Crippen LogP contribution >= 0.6 is 0 Å². The van der Waals surface area contributed by atoms with Crippen molar-refractivity contribution in [2.45, 2.75) is 13.0 Å². The van der Waals surface area contributed by atoms with Crippen molar-refractivity contribution in [3.8, 4) is 5.75 Å². The van der Waals surface area contributed by atoms with Crippen LogP contribution in [0.5, 0.6) is 5.75 Å². The van der Waals surface area contributed by atoms with Crippen LogP contribution in [0.2, 0.25) is 0 Å². The van der Waals surface area contributed by atoms with E-state index in [9.17, 15) is 9.50 Å². The van der Waals surface area contributed by atoms with Crippen molar-refractivity contribution >= 4 is 17.2 Å². The van der Waals surface area contributed by atoms with Gasteiger partial charge in [0.25, 0.3) is 0 Å². The molecular formula is C18H16FNO3. The first-order valence-corrected chi connectivity index (χ1v) is 7.05. The van der Waals surface area contributed by atoms with E-state index in [4.69, 9.17) is 9.90 Å². The molecule has 0 atom stereocenters. The number of carbonyl (C=O) groups is 1. The van der Waals surface area contributed by atoms with E-state index in [0.29, 0.717) is 13.0 Å². The van der Waals surface area contributed by atoms with Gasteiger partial charge in [-0.25, -0.2) is 8.96 Å². The summed E-state index contributed by atoms with van der Waals surface area (Å²) in [5.41, 5.74) is 0.719. The molecule has 0 unspecified atom stereocenters. The number of nitrogens with zero attached hydrogens (tertiary/aromatic N) is 1. The summed E-state index contributed by atoms with van der Waals surface area (Å²) in [6.07, 6.45) is 4.58. The van der Waals surface area contributed by atoms with Crippen molar-refractivity contribution in [1.82, 2.24) is 0 Å². The second kappa shape index (κ2) is 7.89. The summed E-state index contributed by atoms with van der Waals surface area (Å²) in [5.74, 6) is 0.0934. The van der Waals surface area contributed by atoms with E-state index < -0.39 is 6.47 Å². The average molecular weight is 313 g/mol. The van der Waals surface area contributed by atoms with Crippen molar-refractivity contribution in [1.29, 1.82) is 0 Å². The second-order valence-electron chi connectivity index (χ2n) is 4.93. The van der Waals surface area contributed by atoms with Crippen molar-refractivity contribution < 1.29 is 24.0 Å². The van der Waals surface area contributed by atoms with Gasteiger partial charge in [-0.2, -0.15) is 0 Å². The van der Waals surface area contributed by atoms with Gasteiger partial charge in [0.05, 0.1) is 0 Å². The zero-order chi connectivity index (χ0) is 16.7. The summed E-state index contributed by atoms with van der Waals surface area (Å²) in [6.45, 7) is 0.201. The van der Waals surface area contributed by atoms with Gasteiger partial charge in [-0.15, -0.1) is 0 Å². The highest BCUT2D eigenvalue weighted by molar-refractivity contribution is 5.81. The largest absolute Gasteiger partial charge is 0.554 e. The first-order chi connectivity index (χ1) is 11.1. The van der Waals surface area contributed by atoms with Crippen LogP contribution in [0.1, 0.15) is 5.56 Å². The molecule has 0 amide bonds. The van der Waals surface area contributed by atoms with Crippen LogP contribution in [-0.2, 0) is 17.8 Å². The number of phenols is 1. The Hall–Kier alpha value is -2.95. The average Bonchev–Trinajstić information content (AvgIpc) is 2.54. The highest BCUT2D eigenvalue weighted by Crippen LogP contribution is 2.17. The molecule has 1 heterocycles. The Labute approximate surface area is 133 Å². The van der Waals surface area contributed by atoms with Gasteiger partial charge >= 0.3 is 0 Å². The van der Waals surface area contributed by atoms with Gasteiger partial charge in [-0.3, -0.25) is 0 Å². The lowest BCUT2D eigenvalue weighted by Crippen LogP contribution is -2.33. The van der Waals surface area contributed by atoms with Gasteiger partial charge < -0.3 is 15.0 Å². The molecule has 2 aromatic carbocycles. The zero-order valence-corrected chi connectivity index (χ0v) is 12.4. The van der Waals surface area contributed by atoms with Crippen LogP contribution in [0.25, 0.3) is 10.8 Å². The molecular weight excluding hydrogens is 297 g/mol. The lowest BCUT2D eigenvalue weighted by atomic mass is 10.1. The number of halogens is 1. The Morgan fingerprint density at radius 1 is 1.13 bits per heavy atom. The Morgan fingerprint density at radius 2 is 1.87 bits per heavy atom. The van der Waals surface area contributed by atoms with E-state index in [1.54, 1.807) is 18.2 Å². The number of hydrogen-bond donors (Lipinski definition) is 1. The van der Waals surface area contributed by atoms with Gasteiger partial charge in [0.15, 0.2) is 18.9 Å². The number of aromatic hydroxyl groups is 1. The number of benzene rings is 2. The number of fused-ring (bicyclic) bond motifs is 1. The number of pyridine rings is 1. The molecule has 1 N–H and O–H groups in total. The van der Waals surface area contributed by atoms with E-state index in [-0.39, 0.29) is 11.6 Å². The summed E-state index contributed by atoms with van der Waals surface area (Å²) in [7, 11) is 0. The van der Waals surface area contributed by atoms with Crippen LogP contribution in [0.4, 0.5) is 4.39 Å². The van der Waals surface area contributed by atoms with E-state index in [2.05, 4.69) is 0 Å². The summed E-state index contributed by atoms with van der Waals surface area (Å²) in [4.78, 5) is 8.25. The predicted molar refractivity (Wildman–Crippen MR) is 82.0 cm³/mol. The molecule has 0 aliphatic rings. The van der Waals surface area contributed by atoms with Crippen LogP contribution in [-0.4, -0.2) is 11.6 Å². The third-order valence-electron chi connectivity index (χ3n) is 3.42. The lowest BCUT2D eigenvalue weighted by molar-refractivity contribution is -0.695. The number of aryl methyl sites for hydroxylation is 2. The van der Waals surface area contributed by atoms with Gasteiger partial charge in [0, 0.05) is 24.3 Å². The van der Waals surface area contributed by atoms with E-state index in [0.717, 1.165) is 16.3 Å². The maximum atomic E-state index is 13.6. The summed E-state index contributed by atoms with van der Waals surface area (Å²) in [6, 6.07) is 14.1. The summed E-state index contributed by atoms with van der Waals surface area (Å²) in [5, 5.41) is 19.8. The number of rotatable bonds is 3. The molecule has 5 heteroatoms. The molecule has 118 valence electrons. The second-order valence-corrected chi connectivity index (χ2v) is 4.93. The molecule has 0 fully saturated rings. The number of aromatic nitrogens is 1. The first-order valence-electron chi connectivity index (χ1n) is 7.05. The number of carbonyl (C=O) groups excluding carboxylic acids is 1. The Balaban J connectivity index is 0.000000595. The monoisotopic (exact) mass is 313 g/mol. The van der Waals surface area contributed by atoms with Gasteiger partial charge in [-0.1, -0.05) is 24.3 Å². The molecule has 0 aliphatic heterocycles. The Morgan fingerprint density at radius 3 is 2.61 bits per heavy atom. The zero-order valence-electron chi connectivity index (χ0n) is 12.4. The van der Waals surface area contributed by atoms with Crippen molar-refractivity contribution in [2.75, 3.05) is 0 Å². The van der Waals surface area contributed by atoms with Crippen molar-refractivity contribution in [3.63, 3.8) is 0 Å². The molecule has 1 aromatic heterocycles. The van der Waals surface area contributed by atoms with Crippen LogP contribution in [0.15, 0.2) is 60.9 Å². The molecule has 0 saturated carbocycles. The molecule has 0 saturated heterocycles. The van der Waals surface area contributed by atoms with E-state index >= 15 is 0 Å². The van der Waals surface area contributed by atoms with Crippen LogP contribution in [0, 0.1) is 5.82 Å². The normalized spacial score (nSPS) is 9.96. The molecule has 0 aliphatic carbocycles. The topological polar surface area (TPSA) is 64.2 Å². The lowest BCUT2D eigenvalue weighted by Gasteiger charge is -2.02. The maximum Gasteiger partial charge on any atom is 0.176 e. The summed E-state index contributed by atoms with van der Waals surface area (Å²) >= 11 is 0. The maximum absolute atomic E-state index is 13.6. The fraction of sp³-hybridized carbons (Fsp3) is 0.111. The summed E-state index contributed by atoms with van der Waals surface area (Å²) < 4.78 is 15.6. The first kappa shape index (κ1) is 16.4. The quantitative estimate of drug-likeness (QED) is 0.590. The Kier molecular flexibility index (Phi) is 5.63.